The number of nitrogens with two attached hydrogens (primary N) is 1. The molecule has 0 aromatic carbocycles. The molecular weight excluding hydrogens is 364 g/mol. The number of aliphatic hydroxyl groups is 2. The molecule has 28 heavy (non-hydrogen) atoms. The summed E-state index contributed by atoms with van der Waals surface area (Å²) in [5.41, 5.74) is 5.75. The van der Waals surface area contributed by atoms with E-state index in [1.54, 1.807) is 19.1 Å². The van der Waals surface area contributed by atoms with Crippen molar-refractivity contribution in [2.75, 3.05) is 12.3 Å². The first-order valence-electron chi connectivity index (χ1n) is 9.69. The maximum atomic E-state index is 12.4. The third kappa shape index (κ3) is 3.23. The number of hydrogen-bond acceptors (Lipinski definition) is 8. The van der Waals surface area contributed by atoms with Gasteiger partial charge in [-0.1, -0.05) is 19.3 Å². The molecule has 0 radical (unpaired) electrons. The number of ether oxygens (including phenoxy) is 2. The van der Waals surface area contributed by atoms with Gasteiger partial charge in [0.05, 0.1) is 11.6 Å². The Morgan fingerprint density at radius 2 is 2.11 bits per heavy atom. The number of nitrogens with zero attached hydrogens (tertiary/aromatic N) is 3. The van der Waals surface area contributed by atoms with Crippen LogP contribution in [-0.4, -0.2) is 55.2 Å². The molecule has 0 spiro atoms. The van der Waals surface area contributed by atoms with Crippen LogP contribution in [0, 0.1) is 5.92 Å². The van der Waals surface area contributed by atoms with Gasteiger partial charge < -0.3 is 25.4 Å². The molecule has 4 N–H and O–H groups in total. The number of fused-ring (bicyclic) bond motifs is 1. The van der Waals surface area contributed by atoms with Crippen LogP contribution in [0.4, 0.5) is 5.82 Å². The second-order valence-corrected chi connectivity index (χ2v) is 7.93. The van der Waals surface area contributed by atoms with Crippen LogP contribution in [0.25, 0.3) is 5.52 Å². The summed E-state index contributed by atoms with van der Waals surface area (Å²) in [7, 11) is 0. The van der Waals surface area contributed by atoms with Crippen molar-refractivity contribution in [3.05, 3.63) is 24.2 Å². The number of aromatic nitrogens is 3. The van der Waals surface area contributed by atoms with E-state index in [4.69, 9.17) is 15.2 Å². The van der Waals surface area contributed by atoms with Crippen LogP contribution < -0.4 is 5.73 Å². The standard InChI is InChI=1S/C19H26N4O5/c1-19(9-27-18(26)11-5-3-2-4-6-11)16(25)14(24)15(28-19)12-7-8-13-17(20)21-10-22-23(12)13/h7-8,10-11,14-16,24-25H,2-6,9H2,1H3,(H2,20,21,22)/t14-,15-,16-,19+/m0/s1. The minimum absolute atomic E-state index is 0.0918. The van der Waals surface area contributed by atoms with Crippen LogP contribution >= 0.6 is 0 Å². The predicted molar refractivity (Wildman–Crippen MR) is 99.2 cm³/mol. The lowest BCUT2D eigenvalue weighted by Crippen LogP contribution is -2.45. The molecule has 9 nitrogen and oxygen atoms in total. The van der Waals surface area contributed by atoms with E-state index in [1.807, 2.05) is 0 Å². The zero-order valence-electron chi connectivity index (χ0n) is 15.8. The molecule has 4 atom stereocenters. The summed E-state index contributed by atoms with van der Waals surface area (Å²) in [6.07, 6.45) is 2.93. The lowest BCUT2D eigenvalue weighted by atomic mass is 9.89. The Labute approximate surface area is 162 Å². The van der Waals surface area contributed by atoms with Gasteiger partial charge in [0.15, 0.2) is 5.82 Å². The molecular formula is C19H26N4O5. The first-order valence-corrected chi connectivity index (χ1v) is 9.69. The highest BCUT2D eigenvalue weighted by Crippen LogP contribution is 2.41. The maximum Gasteiger partial charge on any atom is 0.309 e. The lowest BCUT2D eigenvalue weighted by molar-refractivity contribution is -0.165. The fourth-order valence-electron chi connectivity index (χ4n) is 4.17. The molecule has 1 aliphatic heterocycles. The third-order valence-corrected chi connectivity index (χ3v) is 5.90. The van der Waals surface area contributed by atoms with Crippen LogP contribution in [0.2, 0.25) is 0 Å². The maximum absolute atomic E-state index is 12.4. The zero-order valence-corrected chi connectivity index (χ0v) is 15.8. The van der Waals surface area contributed by atoms with Gasteiger partial charge in [-0.15, -0.1) is 0 Å². The number of esters is 1. The fraction of sp³-hybridized carbons (Fsp3) is 0.632. The molecule has 152 valence electrons. The van der Waals surface area contributed by atoms with Crippen molar-refractivity contribution in [1.29, 1.82) is 0 Å². The van der Waals surface area contributed by atoms with E-state index < -0.39 is 23.9 Å². The first-order chi connectivity index (χ1) is 13.4. The highest BCUT2D eigenvalue weighted by Gasteiger charge is 2.53. The van der Waals surface area contributed by atoms with E-state index in [9.17, 15) is 15.0 Å². The zero-order chi connectivity index (χ0) is 19.9. The summed E-state index contributed by atoms with van der Waals surface area (Å²) in [5, 5.41) is 25.4. The van der Waals surface area contributed by atoms with Gasteiger partial charge in [-0.25, -0.2) is 9.50 Å². The van der Waals surface area contributed by atoms with E-state index in [0.29, 0.717) is 17.0 Å². The molecule has 2 fully saturated rings. The van der Waals surface area contributed by atoms with Crippen molar-refractivity contribution < 1.29 is 24.5 Å². The van der Waals surface area contributed by atoms with E-state index in [0.717, 1.165) is 32.1 Å². The first kappa shape index (κ1) is 19.1. The Morgan fingerprint density at radius 1 is 1.36 bits per heavy atom. The predicted octanol–water partition coefficient (Wildman–Crippen LogP) is 0.987. The quantitative estimate of drug-likeness (QED) is 0.659. The van der Waals surface area contributed by atoms with E-state index in [-0.39, 0.29) is 18.5 Å². The number of nitrogen functional groups attached to an aromatic ring is 1. The molecule has 2 aliphatic rings. The molecule has 1 aliphatic carbocycles. The smallest absolute Gasteiger partial charge is 0.309 e. The Bertz CT molecular complexity index is 865. The van der Waals surface area contributed by atoms with Gasteiger partial charge in [-0.05, 0) is 31.9 Å². The molecule has 1 saturated heterocycles. The average Bonchev–Trinajstić information content (AvgIpc) is 3.23. The second kappa shape index (κ2) is 7.31. The Kier molecular flexibility index (Phi) is 4.98. The van der Waals surface area contributed by atoms with Gasteiger partial charge >= 0.3 is 5.97 Å². The van der Waals surface area contributed by atoms with Gasteiger partial charge in [-0.2, -0.15) is 5.10 Å². The number of anilines is 1. The van der Waals surface area contributed by atoms with Crippen molar-refractivity contribution in [3.63, 3.8) is 0 Å². The summed E-state index contributed by atoms with van der Waals surface area (Å²) in [6.45, 7) is 1.51. The monoisotopic (exact) mass is 390 g/mol. The van der Waals surface area contributed by atoms with Gasteiger partial charge in [0.25, 0.3) is 0 Å². The van der Waals surface area contributed by atoms with Crippen molar-refractivity contribution in [2.45, 2.75) is 62.9 Å². The van der Waals surface area contributed by atoms with Crippen LogP contribution in [0.5, 0.6) is 0 Å². The number of carbonyl (C=O) groups excluding carboxylic acids is 1. The average molecular weight is 390 g/mol. The molecule has 0 bridgehead atoms. The number of hydrogen-bond donors (Lipinski definition) is 3. The third-order valence-electron chi connectivity index (χ3n) is 5.90. The van der Waals surface area contributed by atoms with Crippen molar-refractivity contribution >= 4 is 17.3 Å². The highest BCUT2D eigenvalue weighted by atomic mass is 16.6. The second-order valence-electron chi connectivity index (χ2n) is 7.93. The minimum Gasteiger partial charge on any atom is -0.462 e. The largest absolute Gasteiger partial charge is 0.462 e. The summed E-state index contributed by atoms with van der Waals surface area (Å²) < 4.78 is 13.0. The van der Waals surface area contributed by atoms with Crippen molar-refractivity contribution in [1.82, 2.24) is 14.6 Å². The van der Waals surface area contributed by atoms with Crippen LogP contribution in [0.1, 0.15) is 50.8 Å². The lowest BCUT2D eigenvalue weighted by Gasteiger charge is -2.28. The Morgan fingerprint density at radius 3 is 2.86 bits per heavy atom. The molecule has 2 aromatic rings. The van der Waals surface area contributed by atoms with Gasteiger partial charge in [0.1, 0.15) is 42.4 Å². The summed E-state index contributed by atoms with van der Waals surface area (Å²) >= 11 is 0. The number of rotatable bonds is 4. The van der Waals surface area contributed by atoms with Crippen LogP contribution in [-0.2, 0) is 14.3 Å². The molecule has 1 saturated carbocycles. The summed E-state index contributed by atoms with van der Waals surface area (Å²) in [5.74, 6) is -0.0485. The fourth-order valence-corrected chi connectivity index (χ4v) is 4.17. The van der Waals surface area contributed by atoms with Gasteiger partial charge in [-0.3, -0.25) is 4.79 Å². The molecule has 0 unspecified atom stereocenters. The normalized spacial score (nSPS) is 31.3. The van der Waals surface area contributed by atoms with Gasteiger partial charge in [0.2, 0.25) is 0 Å². The molecule has 0 amide bonds. The topological polar surface area (TPSA) is 132 Å². The van der Waals surface area contributed by atoms with Crippen LogP contribution in [0.15, 0.2) is 18.5 Å². The Hall–Kier alpha value is -2.23. The number of aliphatic hydroxyl groups excluding tert-OH is 2. The summed E-state index contributed by atoms with van der Waals surface area (Å²) in [4.78, 5) is 16.3. The molecule has 9 heteroatoms. The van der Waals surface area contributed by atoms with E-state index in [1.165, 1.54) is 10.8 Å². The Balaban J connectivity index is 1.50. The molecule has 3 heterocycles. The van der Waals surface area contributed by atoms with Crippen molar-refractivity contribution in [2.24, 2.45) is 5.92 Å². The molecule has 4 rings (SSSR count). The van der Waals surface area contributed by atoms with E-state index >= 15 is 0 Å². The number of carbonyl (C=O) groups is 1. The van der Waals surface area contributed by atoms with Crippen LogP contribution in [0.3, 0.4) is 0 Å². The van der Waals surface area contributed by atoms with Gasteiger partial charge in [0, 0.05) is 0 Å². The minimum atomic E-state index is -1.23. The SMILES string of the molecule is C[C@]1(COC(=O)C2CCCCC2)O[C@@H](c2ccc3c(N)ncnn23)[C@H](O)[C@@H]1O. The molecule has 2 aromatic heterocycles. The van der Waals surface area contributed by atoms with E-state index in [2.05, 4.69) is 10.1 Å². The summed E-state index contributed by atoms with van der Waals surface area (Å²) in [6, 6.07) is 3.45. The van der Waals surface area contributed by atoms with Crippen molar-refractivity contribution in [3.8, 4) is 0 Å². The highest BCUT2D eigenvalue weighted by molar-refractivity contribution is 5.72.